The molecule has 1 atom stereocenters. The van der Waals surface area contributed by atoms with Gasteiger partial charge >= 0.3 is 0 Å². The fourth-order valence-corrected chi connectivity index (χ4v) is 10.3. The molecule has 0 saturated heterocycles. The topological polar surface area (TPSA) is 38.0 Å². The van der Waals surface area contributed by atoms with E-state index in [1.165, 1.54) is 99.5 Å². The van der Waals surface area contributed by atoms with E-state index in [1.807, 2.05) is 54.6 Å². The number of nitrogens with one attached hydrogen (secondary N) is 1. The van der Waals surface area contributed by atoms with Crippen LogP contribution < -0.4 is 11.1 Å². The van der Waals surface area contributed by atoms with Gasteiger partial charge in [-0.05, 0) is 144 Å². The highest BCUT2D eigenvalue weighted by Gasteiger charge is 2.37. The highest BCUT2D eigenvalue weighted by atomic mass is 14.9. The number of para-hydroxylation sites is 3. The second-order valence-corrected chi connectivity index (χ2v) is 17.2. The van der Waals surface area contributed by atoms with E-state index in [0.29, 0.717) is 5.92 Å². The number of hydrogen-bond acceptors (Lipinski definition) is 2. The monoisotopic (exact) mass is 770 g/mol. The Bertz CT molecular complexity index is 3170. The summed E-state index contributed by atoms with van der Waals surface area (Å²) in [5.41, 5.74) is 27.8. The molecule has 0 heterocycles. The molecule has 0 radical (unpaired) electrons. The van der Waals surface area contributed by atoms with Crippen LogP contribution in [0.25, 0.3) is 61.0 Å². The van der Waals surface area contributed by atoms with Crippen molar-refractivity contribution >= 4 is 44.7 Å². The summed E-state index contributed by atoms with van der Waals surface area (Å²) in [6.07, 6.45) is 15.0. The van der Waals surface area contributed by atoms with Crippen LogP contribution in [0.4, 0.5) is 17.1 Å². The fourth-order valence-electron chi connectivity index (χ4n) is 10.3. The van der Waals surface area contributed by atoms with E-state index in [9.17, 15) is 0 Å². The third-order valence-corrected chi connectivity index (χ3v) is 13.3. The molecule has 4 aliphatic carbocycles. The Morgan fingerprint density at radius 2 is 1.30 bits per heavy atom. The minimum absolute atomic E-state index is 0.0785. The zero-order valence-corrected chi connectivity index (χ0v) is 34.3. The minimum Gasteiger partial charge on any atom is -0.397 e. The van der Waals surface area contributed by atoms with E-state index in [-0.39, 0.29) is 5.41 Å². The Balaban J connectivity index is 0.000000248. The largest absolute Gasteiger partial charge is 0.397 e. The number of fused-ring (bicyclic) bond motifs is 5. The van der Waals surface area contributed by atoms with Gasteiger partial charge in [-0.3, -0.25) is 0 Å². The molecule has 0 aromatic heterocycles. The molecule has 0 spiro atoms. The second-order valence-electron chi connectivity index (χ2n) is 17.2. The summed E-state index contributed by atoms with van der Waals surface area (Å²) in [5.74, 6) is 0.329. The quantitative estimate of drug-likeness (QED) is 0.138. The highest BCUT2D eigenvalue weighted by Crippen LogP contribution is 2.55. The predicted molar refractivity (Wildman–Crippen MR) is 256 cm³/mol. The standard InChI is InChI=1S/C46H34.C12H12N2/c1-27-15-17-30(18-16-27)43-33-12-4-5-13-34(33)45(39-26-41-37(25-38(39)43)32-11-6-7-14-40(32)46(41,2)3)36-24-22-31-20-19-28-9-8-10-29-21-23-35(36)44(31)42(28)29;13-11-8-4-5-9-12(11)14-10-6-2-1-3-7-10/h4-19,21-26,42H,20H2,1-3H3;1-9,14H,13H2. The van der Waals surface area contributed by atoms with Crippen LogP contribution in [0.5, 0.6) is 0 Å². The van der Waals surface area contributed by atoms with Crippen molar-refractivity contribution < 1.29 is 0 Å². The molecule has 8 aromatic carbocycles. The van der Waals surface area contributed by atoms with Crippen LogP contribution >= 0.6 is 0 Å². The van der Waals surface area contributed by atoms with Gasteiger partial charge in [0.2, 0.25) is 0 Å². The van der Waals surface area contributed by atoms with Crippen LogP contribution in [0.2, 0.25) is 0 Å². The number of rotatable bonds is 4. The maximum Gasteiger partial charge on any atom is 0.0617 e. The summed E-state index contributed by atoms with van der Waals surface area (Å²) in [7, 11) is 0. The third kappa shape index (κ3) is 5.70. The van der Waals surface area contributed by atoms with Crippen molar-refractivity contribution in [2.45, 2.75) is 38.5 Å². The van der Waals surface area contributed by atoms with Gasteiger partial charge in [-0.2, -0.15) is 0 Å². The lowest BCUT2D eigenvalue weighted by molar-refractivity contribution is 0.661. The molecule has 0 fully saturated rings. The summed E-state index contributed by atoms with van der Waals surface area (Å²) < 4.78 is 0. The third-order valence-electron chi connectivity index (χ3n) is 13.3. The SMILES string of the molecule is Cc1ccc(-c2c3ccccc3c(-c3ccc4c5c3C=CC3=CC=CC(=CC4)C35)c3cc4c(cc23)-c2ccccc2C4(C)C)cc1.Nc1ccccc1Nc1ccccc1. The highest BCUT2D eigenvalue weighted by molar-refractivity contribution is 6.23. The zero-order valence-electron chi connectivity index (χ0n) is 34.3. The van der Waals surface area contributed by atoms with Gasteiger partial charge in [-0.25, -0.2) is 0 Å². The predicted octanol–water partition coefficient (Wildman–Crippen LogP) is 15.0. The summed E-state index contributed by atoms with van der Waals surface area (Å²) >= 11 is 0. The first-order valence-corrected chi connectivity index (χ1v) is 21.1. The van der Waals surface area contributed by atoms with Gasteiger partial charge in [0.1, 0.15) is 0 Å². The van der Waals surface area contributed by atoms with Crippen molar-refractivity contribution in [3.63, 3.8) is 0 Å². The van der Waals surface area contributed by atoms with Gasteiger partial charge in [-0.15, -0.1) is 0 Å². The van der Waals surface area contributed by atoms with Crippen LogP contribution in [0, 0.1) is 6.92 Å². The summed E-state index contributed by atoms with van der Waals surface area (Å²) in [6.45, 7) is 6.97. The van der Waals surface area contributed by atoms with E-state index in [4.69, 9.17) is 5.73 Å². The zero-order chi connectivity index (χ0) is 40.5. The molecule has 8 aromatic rings. The molecule has 60 heavy (non-hydrogen) atoms. The van der Waals surface area contributed by atoms with E-state index >= 15 is 0 Å². The number of benzene rings is 8. The fraction of sp³-hybridized carbons (Fsp3) is 0.103. The molecular formula is C58H46N2. The Kier molecular flexibility index (Phi) is 8.39. The van der Waals surface area contributed by atoms with Crippen molar-refractivity contribution in [3.8, 4) is 33.4 Å². The van der Waals surface area contributed by atoms with E-state index in [0.717, 1.165) is 23.5 Å². The first-order chi connectivity index (χ1) is 29.3. The van der Waals surface area contributed by atoms with Crippen LogP contribution in [0.15, 0.2) is 193 Å². The van der Waals surface area contributed by atoms with E-state index in [1.54, 1.807) is 0 Å². The number of anilines is 3. The normalized spacial score (nSPS) is 15.9. The molecule has 2 heteroatoms. The van der Waals surface area contributed by atoms with E-state index in [2.05, 4.69) is 160 Å². The molecular weight excluding hydrogens is 725 g/mol. The van der Waals surface area contributed by atoms with Gasteiger partial charge in [0.15, 0.2) is 0 Å². The number of nitrogens with two attached hydrogens (primary N) is 1. The maximum absolute atomic E-state index is 5.81. The van der Waals surface area contributed by atoms with Gasteiger partial charge in [-0.1, -0.05) is 171 Å². The van der Waals surface area contributed by atoms with Crippen molar-refractivity contribution in [2.24, 2.45) is 0 Å². The first-order valence-electron chi connectivity index (χ1n) is 21.1. The Morgan fingerprint density at radius 1 is 0.583 bits per heavy atom. The van der Waals surface area contributed by atoms with Gasteiger partial charge in [0.05, 0.1) is 11.4 Å². The van der Waals surface area contributed by atoms with Gasteiger partial charge < -0.3 is 11.1 Å². The maximum atomic E-state index is 5.81. The van der Waals surface area contributed by atoms with E-state index < -0.39 is 0 Å². The Hall–Kier alpha value is -7.16. The van der Waals surface area contributed by atoms with Crippen molar-refractivity contribution in [1.82, 2.24) is 0 Å². The molecule has 0 saturated carbocycles. The molecule has 4 aliphatic rings. The number of nitrogen functional groups attached to an aromatic ring is 1. The summed E-state index contributed by atoms with van der Waals surface area (Å²) in [4.78, 5) is 0. The summed E-state index contributed by atoms with van der Waals surface area (Å²) in [5, 5.41) is 8.55. The van der Waals surface area contributed by atoms with Crippen molar-refractivity contribution in [2.75, 3.05) is 11.1 Å². The average Bonchev–Trinajstić information content (AvgIpc) is 3.51. The summed E-state index contributed by atoms with van der Waals surface area (Å²) in [6, 6.07) is 54.9. The van der Waals surface area contributed by atoms with Gasteiger partial charge in [0.25, 0.3) is 0 Å². The van der Waals surface area contributed by atoms with Crippen molar-refractivity contribution in [3.05, 3.63) is 227 Å². The molecule has 0 aliphatic heterocycles. The van der Waals surface area contributed by atoms with Crippen LogP contribution in [0.1, 0.15) is 53.1 Å². The first kappa shape index (κ1) is 36.0. The van der Waals surface area contributed by atoms with Crippen LogP contribution in [0.3, 0.4) is 0 Å². The lowest BCUT2D eigenvalue weighted by Crippen LogP contribution is -2.18. The number of hydrogen-bond donors (Lipinski definition) is 2. The number of aryl methyl sites for hydroxylation is 1. The Labute approximate surface area is 352 Å². The number of allylic oxidation sites excluding steroid dienone is 7. The second kappa shape index (κ2) is 14.0. The molecule has 0 amide bonds. The molecule has 3 N–H and O–H groups in total. The lowest BCUT2D eigenvalue weighted by atomic mass is 9.69. The minimum atomic E-state index is -0.0785. The van der Waals surface area contributed by atoms with Crippen LogP contribution in [-0.4, -0.2) is 0 Å². The smallest absolute Gasteiger partial charge is 0.0617 e. The molecule has 12 rings (SSSR count). The van der Waals surface area contributed by atoms with Gasteiger partial charge in [0, 0.05) is 17.0 Å². The molecule has 288 valence electrons. The molecule has 2 nitrogen and oxygen atoms in total. The van der Waals surface area contributed by atoms with Crippen LogP contribution in [-0.2, 0) is 11.8 Å². The van der Waals surface area contributed by atoms with Crippen molar-refractivity contribution in [1.29, 1.82) is 0 Å². The lowest BCUT2D eigenvalue weighted by Gasteiger charge is -2.34. The molecule has 1 unspecified atom stereocenters. The molecule has 0 bridgehead atoms. The Morgan fingerprint density at radius 3 is 2.12 bits per heavy atom. The average molecular weight is 771 g/mol.